The van der Waals surface area contributed by atoms with Gasteiger partial charge < -0.3 is 0 Å². The second-order valence-corrected chi connectivity index (χ2v) is 8.21. The number of aromatic nitrogens is 1. The molecule has 0 saturated heterocycles. The van der Waals surface area contributed by atoms with Crippen molar-refractivity contribution in [3.05, 3.63) is 35.8 Å². The Morgan fingerprint density at radius 2 is 1.84 bits per heavy atom. The third-order valence-electron chi connectivity index (χ3n) is 3.11. The van der Waals surface area contributed by atoms with Gasteiger partial charge in [0.2, 0.25) is 0 Å². The van der Waals surface area contributed by atoms with E-state index in [2.05, 4.69) is 4.98 Å². The zero-order valence-corrected chi connectivity index (χ0v) is 12.2. The SMILES string of the molecule is Cc1ccnc2cc(F)c(S(=O)(=O)C(C)(C)C)cc12. The number of hydrogen-bond donors (Lipinski definition) is 0. The van der Waals surface area contributed by atoms with E-state index in [-0.39, 0.29) is 4.90 Å². The van der Waals surface area contributed by atoms with Crippen LogP contribution in [0, 0.1) is 12.7 Å². The van der Waals surface area contributed by atoms with Crippen LogP contribution in [-0.4, -0.2) is 18.1 Å². The first-order valence-corrected chi connectivity index (χ1v) is 7.42. The van der Waals surface area contributed by atoms with Gasteiger partial charge in [-0.05, 0) is 45.4 Å². The summed E-state index contributed by atoms with van der Waals surface area (Å²) in [6.07, 6.45) is 1.58. The summed E-state index contributed by atoms with van der Waals surface area (Å²) in [6.45, 7) is 6.52. The fourth-order valence-electron chi connectivity index (χ4n) is 1.82. The Morgan fingerprint density at radius 3 is 2.42 bits per heavy atom. The lowest BCUT2D eigenvalue weighted by Gasteiger charge is -2.20. The quantitative estimate of drug-likeness (QED) is 0.806. The van der Waals surface area contributed by atoms with Gasteiger partial charge in [0.25, 0.3) is 0 Å². The molecule has 0 aliphatic rings. The number of pyridine rings is 1. The van der Waals surface area contributed by atoms with Crippen molar-refractivity contribution in [2.24, 2.45) is 0 Å². The highest BCUT2D eigenvalue weighted by molar-refractivity contribution is 7.92. The maximum atomic E-state index is 14.1. The van der Waals surface area contributed by atoms with Crippen LogP contribution in [0.25, 0.3) is 10.9 Å². The molecule has 0 aliphatic carbocycles. The van der Waals surface area contributed by atoms with E-state index in [0.717, 1.165) is 5.56 Å². The van der Waals surface area contributed by atoms with Gasteiger partial charge in [0.05, 0.1) is 10.3 Å². The van der Waals surface area contributed by atoms with Crippen LogP contribution in [0.5, 0.6) is 0 Å². The molecule has 0 radical (unpaired) electrons. The maximum absolute atomic E-state index is 14.1. The molecular formula is C14H16FNO2S. The van der Waals surface area contributed by atoms with Gasteiger partial charge in [0, 0.05) is 17.6 Å². The molecule has 2 rings (SSSR count). The van der Waals surface area contributed by atoms with Gasteiger partial charge in [0.15, 0.2) is 9.84 Å². The van der Waals surface area contributed by atoms with Crippen LogP contribution in [0.15, 0.2) is 29.3 Å². The Bertz CT molecular complexity index is 746. The van der Waals surface area contributed by atoms with Crippen LogP contribution in [0.2, 0.25) is 0 Å². The molecule has 0 spiro atoms. The van der Waals surface area contributed by atoms with E-state index in [1.54, 1.807) is 33.0 Å². The Morgan fingerprint density at radius 1 is 1.21 bits per heavy atom. The monoisotopic (exact) mass is 281 g/mol. The number of fused-ring (bicyclic) bond motifs is 1. The lowest BCUT2D eigenvalue weighted by Crippen LogP contribution is -2.28. The highest BCUT2D eigenvalue weighted by Gasteiger charge is 2.33. The zero-order chi connectivity index (χ0) is 14.4. The molecule has 0 fully saturated rings. The topological polar surface area (TPSA) is 47.0 Å². The largest absolute Gasteiger partial charge is 0.256 e. The number of hydrogen-bond acceptors (Lipinski definition) is 3. The minimum absolute atomic E-state index is 0.261. The molecule has 0 N–H and O–H groups in total. The van der Waals surface area contributed by atoms with E-state index in [1.165, 1.54) is 12.1 Å². The lowest BCUT2D eigenvalue weighted by atomic mass is 10.1. The van der Waals surface area contributed by atoms with Gasteiger partial charge in [-0.2, -0.15) is 0 Å². The first-order chi connectivity index (χ1) is 8.64. The highest BCUT2D eigenvalue weighted by atomic mass is 32.2. The van der Waals surface area contributed by atoms with E-state index in [1.807, 2.05) is 6.92 Å². The second-order valence-electron chi connectivity index (χ2n) is 5.54. The van der Waals surface area contributed by atoms with Crippen molar-refractivity contribution in [1.82, 2.24) is 4.98 Å². The molecule has 0 saturated carbocycles. The molecule has 0 atom stereocenters. The molecule has 5 heteroatoms. The van der Waals surface area contributed by atoms with Crippen LogP contribution in [0.3, 0.4) is 0 Å². The highest BCUT2D eigenvalue weighted by Crippen LogP contribution is 2.30. The molecule has 1 aromatic carbocycles. The summed E-state index contributed by atoms with van der Waals surface area (Å²) in [5.74, 6) is -0.750. The second kappa shape index (κ2) is 4.27. The third kappa shape index (κ3) is 2.23. The summed E-state index contributed by atoms with van der Waals surface area (Å²) in [5.41, 5.74) is 1.33. The van der Waals surface area contributed by atoms with Gasteiger partial charge in [-0.25, -0.2) is 12.8 Å². The van der Waals surface area contributed by atoms with E-state index >= 15 is 0 Å². The van der Waals surface area contributed by atoms with E-state index < -0.39 is 20.4 Å². The van der Waals surface area contributed by atoms with Crippen molar-refractivity contribution in [3.63, 3.8) is 0 Å². The Labute approximate surface area is 112 Å². The maximum Gasteiger partial charge on any atom is 0.186 e. The van der Waals surface area contributed by atoms with Gasteiger partial charge in [-0.1, -0.05) is 0 Å². The number of benzene rings is 1. The van der Waals surface area contributed by atoms with Gasteiger partial charge >= 0.3 is 0 Å². The number of aryl methyl sites for hydroxylation is 1. The molecule has 1 aromatic heterocycles. The summed E-state index contributed by atoms with van der Waals surface area (Å²) >= 11 is 0. The first-order valence-electron chi connectivity index (χ1n) is 5.94. The van der Waals surface area contributed by atoms with E-state index in [9.17, 15) is 12.8 Å². The standard InChI is InChI=1S/C14H16FNO2S/c1-9-5-6-16-12-8-11(15)13(7-10(9)12)19(17,18)14(2,3)4/h5-8H,1-4H3. The molecule has 1 heterocycles. The fraction of sp³-hybridized carbons (Fsp3) is 0.357. The van der Waals surface area contributed by atoms with Crippen LogP contribution >= 0.6 is 0 Å². The van der Waals surface area contributed by atoms with Crippen molar-refractivity contribution in [2.75, 3.05) is 0 Å². The zero-order valence-electron chi connectivity index (χ0n) is 11.4. The predicted octanol–water partition coefficient (Wildman–Crippen LogP) is 3.25. The normalized spacial score (nSPS) is 12.9. The van der Waals surface area contributed by atoms with Crippen LogP contribution < -0.4 is 0 Å². The van der Waals surface area contributed by atoms with Gasteiger partial charge in [-0.15, -0.1) is 0 Å². The number of halogens is 1. The Kier molecular flexibility index (Phi) is 3.13. The minimum Gasteiger partial charge on any atom is -0.256 e. The molecule has 0 unspecified atom stereocenters. The summed E-state index contributed by atoms with van der Waals surface area (Å²) in [4.78, 5) is 3.79. The van der Waals surface area contributed by atoms with Crippen molar-refractivity contribution >= 4 is 20.7 Å². The molecule has 0 amide bonds. The van der Waals surface area contributed by atoms with Crippen LogP contribution in [0.4, 0.5) is 4.39 Å². The molecule has 2 aromatic rings. The van der Waals surface area contributed by atoms with Crippen molar-refractivity contribution < 1.29 is 12.8 Å². The van der Waals surface area contributed by atoms with E-state index in [4.69, 9.17) is 0 Å². The predicted molar refractivity (Wildman–Crippen MR) is 73.4 cm³/mol. The molecule has 3 nitrogen and oxygen atoms in total. The van der Waals surface area contributed by atoms with Gasteiger partial charge in [0.1, 0.15) is 10.7 Å². The van der Waals surface area contributed by atoms with E-state index in [0.29, 0.717) is 10.9 Å². The van der Waals surface area contributed by atoms with Crippen molar-refractivity contribution in [2.45, 2.75) is 37.3 Å². The third-order valence-corrected chi connectivity index (χ3v) is 5.61. The lowest BCUT2D eigenvalue weighted by molar-refractivity contribution is 0.542. The van der Waals surface area contributed by atoms with Crippen molar-refractivity contribution in [1.29, 1.82) is 0 Å². The van der Waals surface area contributed by atoms with Crippen molar-refractivity contribution in [3.8, 4) is 0 Å². The fourth-order valence-corrected chi connectivity index (χ4v) is 3.07. The number of sulfone groups is 1. The number of nitrogens with zero attached hydrogens (tertiary/aromatic N) is 1. The molecule has 102 valence electrons. The average molecular weight is 281 g/mol. The summed E-state index contributed by atoms with van der Waals surface area (Å²) < 4.78 is 37.8. The summed E-state index contributed by atoms with van der Waals surface area (Å²) in [7, 11) is -3.72. The van der Waals surface area contributed by atoms with Crippen LogP contribution in [-0.2, 0) is 9.84 Å². The smallest absolute Gasteiger partial charge is 0.186 e. The Hall–Kier alpha value is -1.49. The van der Waals surface area contributed by atoms with Gasteiger partial charge in [-0.3, -0.25) is 4.98 Å². The molecule has 19 heavy (non-hydrogen) atoms. The Balaban J connectivity index is 2.83. The molecule has 0 aliphatic heterocycles. The first kappa shape index (κ1) is 13.9. The number of rotatable bonds is 1. The summed E-state index contributed by atoms with van der Waals surface area (Å²) in [6, 6.07) is 4.34. The molecule has 0 bridgehead atoms. The average Bonchev–Trinajstić information content (AvgIpc) is 2.26. The minimum atomic E-state index is -3.72. The molecular weight excluding hydrogens is 265 g/mol. The van der Waals surface area contributed by atoms with Crippen LogP contribution in [0.1, 0.15) is 26.3 Å². The summed E-state index contributed by atoms with van der Waals surface area (Å²) in [5, 5.41) is 0.659.